The second-order valence-corrected chi connectivity index (χ2v) is 6.59. The molecule has 22 heavy (non-hydrogen) atoms. The molecule has 0 aromatic heterocycles. The van der Waals surface area contributed by atoms with E-state index in [1.807, 2.05) is 6.07 Å². The molecule has 0 radical (unpaired) electrons. The van der Waals surface area contributed by atoms with Crippen molar-refractivity contribution in [2.24, 2.45) is 5.92 Å². The number of phenolic OH excluding ortho intramolecular Hbond substituents is 1. The number of rotatable bonds is 3. The van der Waals surface area contributed by atoms with Crippen LogP contribution in [0.15, 0.2) is 12.1 Å². The van der Waals surface area contributed by atoms with E-state index in [0.717, 1.165) is 31.7 Å². The van der Waals surface area contributed by atoms with E-state index in [4.69, 9.17) is 23.2 Å². The van der Waals surface area contributed by atoms with Gasteiger partial charge in [-0.15, -0.1) is 24.8 Å². The molecule has 0 bridgehead atoms. The van der Waals surface area contributed by atoms with Gasteiger partial charge in [0.05, 0.1) is 5.02 Å². The normalized spacial score (nSPS) is 20.5. The van der Waals surface area contributed by atoms with Gasteiger partial charge in [0.15, 0.2) is 0 Å². The van der Waals surface area contributed by atoms with Crippen molar-refractivity contribution in [1.29, 1.82) is 0 Å². The molecule has 1 heterocycles. The van der Waals surface area contributed by atoms with Crippen molar-refractivity contribution in [2.75, 3.05) is 26.2 Å². The first-order valence-corrected chi connectivity index (χ1v) is 8.05. The Bertz CT molecular complexity index is 491. The second kappa shape index (κ2) is 8.81. The van der Waals surface area contributed by atoms with Gasteiger partial charge in [0.25, 0.3) is 0 Å². The zero-order valence-corrected chi connectivity index (χ0v) is 15.4. The minimum Gasteiger partial charge on any atom is -0.506 e. The summed E-state index contributed by atoms with van der Waals surface area (Å²) in [6.07, 6.45) is 3.72. The van der Waals surface area contributed by atoms with Crippen LogP contribution in [0.1, 0.15) is 30.9 Å². The van der Waals surface area contributed by atoms with Gasteiger partial charge in [0.2, 0.25) is 0 Å². The molecule has 2 fully saturated rings. The molecule has 1 saturated carbocycles. The summed E-state index contributed by atoms with van der Waals surface area (Å²) in [6.45, 7) is 4.01. The summed E-state index contributed by atoms with van der Waals surface area (Å²) in [6, 6.07) is 3.73. The number of aromatic hydroxyl groups is 1. The lowest BCUT2D eigenvalue weighted by Crippen LogP contribution is -2.47. The van der Waals surface area contributed by atoms with Crippen molar-refractivity contribution in [3.63, 3.8) is 0 Å². The summed E-state index contributed by atoms with van der Waals surface area (Å²) in [5.41, 5.74) is 0.897. The molecule has 1 aliphatic carbocycles. The average Bonchev–Trinajstić information content (AvgIpc) is 2.39. The smallest absolute Gasteiger partial charge is 0.139 e. The quantitative estimate of drug-likeness (QED) is 0.811. The van der Waals surface area contributed by atoms with Crippen molar-refractivity contribution >= 4 is 48.0 Å². The molecule has 2 N–H and O–H groups in total. The van der Waals surface area contributed by atoms with Gasteiger partial charge in [-0.25, -0.2) is 0 Å². The van der Waals surface area contributed by atoms with Gasteiger partial charge < -0.3 is 10.4 Å². The lowest BCUT2D eigenvalue weighted by Gasteiger charge is -2.43. The zero-order valence-electron chi connectivity index (χ0n) is 12.2. The molecule has 2 aliphatic rings. The third-order valence-electron chi connectivity index (χ3n) is 4.52. The minimum atomic E-state index is 0. The van der Waals surface area contributed by atoms with E-state index in [1.165, 1.54) is 19.3 Å². The molecule has 0 spiro atoms. The SMILES string of the molecule is Cl.Cl.Oc1c(Cl)cc(Cl)cc1[C@@H](C1CCC1)N1CCNCC1. The van der Waals surface area contributed by atoms with Crippen LogP contribution in [-0.4, -0.2) is 36.2 Å². The van der Waals surface area contributed by atoms with E-state index >= 15 is 0 Å². The van der Waals surface area contributed by atoms with Crippen LogP contribution in [0.4, 0.5) is 0 Å². The van der Waals surface area contributed by atoms with Crippen molar-refractivity contribution in [3.05, 3.63) is 27.7 Å². The Kier molecular flexibility index (Phi) is 8.07. The second-order valence-electron chi connectivity index (χ2n) is 5.75. The van der Waals surface area contributed by atoms with Gasteiger partial charge in [-0.2, -0.15) is 0 Å². The van der Waals surface area contributed by atoms with E-state index in [0.29, 0.717) is 16.0 Å². The third-order valence-corrected chi connectivity index (χ3v) is 5.02. The first kappa shape index (κ1) is 20.1. The Balaban J connectivity index is 0.00000121. The van der Waals surface area contributed by atoms with Gasteiger partial charge in [-0.1, -0.05) is 29.6 Å². The molecule has 1 saturated heterocycles. The summed E-state index contributed by atoms with van der Waals surface area (Å²) < 4.78 is 0. The highest BCUT2D eigenvalue weighted by molar-refractivity contribution is 6.35. The third kappa shape index (κ3) is 4.14. The molecular formula is C15H22Cl4N2O. The molecular weight excluding hydrogens is 366 g/mol. The number of benzene rings is 1. The predicted octanol–water partition coefficient (Wildman–Crippen LogP) is 4.29. The van der Waals surface area contributed by atoms with E-state index < -0.39 is 0 Å². The number of phenols is 1. The van der Waals surface area contributed by atoms with Crippen LogP contribution in [0.5, 0.6) is 5.75 Å². The topological polar surface area (TPSA) is 35.5 Å². The van der Waals surface area contributed by atoms with Gasteiger partial charge in [-0.3, -0.25) is 4.90 Å². The average molecular weight is 388 g/mol. The fraction of sp³-hybridized carbons (Fsp3) is 0.600. The number of nitrogens with one attached hydrogen (secondary N) is 1. The number of hydrogen-bond donors (Lipinski definition) is 2. The molecule has 126 valence electrons. The molecule has 1 atom stereocenters. The van der Waals surface area contributed by atoms with Crippen LogP contribution in [-0.2, 0) is 0 Å². The molecule has 1 aromatic rings. The maximum absolute atomic E-state index is 10.4. The van der Waals surface area contributed by atoms with Crippen molar-refractivity contribution in [1.82, 2.24) is 10.2 Å². The lowest BCUT2D eigenvalue weighted by atomic mass is 9.76. The van der Waals surface area contributed by atoms with Gasteiger partial charge in [-0.05, 0) is 30.9 Å². The fourth-order valence-electron chi connectivity index (χ4n) is 3.28. The highest BCUT2D eigenvalue weighted by Gasteiger charge is 2.35. The Labute approximate surface area is 154 Å². The molecule has 1 aliphatic heterocycles. The van der Waals surface area contributed by atoms with Gasteiger partial charge in [0.1, 0.15) is 5.75 Å². The summed E-state index contributed by atoms with van der Waals surface area (Å²) in [5.74, 6) is 0.806. The molecule has 0 amide bonds. The van der Waals surface area contributed by atoms with E-state index in [1.54, 1.807) is 6.07 Å². The Morgan fingerprint density at radius 2 is 1.77 bits per heavy atom. The van der Waals surface area contributed by atoms with E-state index in [9.17, 15) is 5.11 Å². The maximum Gasteiger partial charge on any atom is 0.139 e. The van der Waals surface area contributed by atoms with Crippen LogP contribution >= 0.6 is 48.0 Å². The minimum absolute atomic E-state index is 0. The van der Waals surface area contributed by atoms with Gasteiger partial charge in [0, 0.05) is 42.8 Å². The van der Waals surface area contributed by atoms with Crippen LogP contribution in [0.3, 0.4) is 0 Å². The largest absolute Gasteiger partial charge is 0.506 e. The number of nitrogens with zero attached hydrogens (tertiary/aromatic N) is 1. The number of piperazine rings is 1. The first-order valence-electron chi connectivity index (χ1n) is 7.29. The van der Waals surface area contributed by atoms with Crippen LogP contribution in [0.2, 0.25) is 10.0 Å². The number of hydrogen-bond acceptors (Lipinski definition) is 3. The van der Waals surface area contributed by atoms with E-state index in [-0.39, 0.29) is 36.6 Å². The molecule has 3 rings (SSSR count). The van der Waals surface area contributed by atoms with Crippen LogP contribution in [0, 0.1) is 5.92 Å². The maximum atomic E-state index is 10.4. The number of halogens is 4. The predicted molar refractivity (Wildman–Crippen MR) is 97.1 cm³/mol. The molecule has 0 unspecified atom stereocenters. The standard InChI is InChI=1S/C15H20Cl2N2O.2ClH/c16-11-8-12(15(20)13(17)9-11)14(10-2-1-3-10)19-6-4-18-5-7-19;;/h8-10,14,18,20H,1-7H2;2*1H/t14-;;/m1../s1. The highest BCUT2D eigenvalue weighted by atomic mass is 35.5. The molecule has 7 heteroatoms. The molecule has 1 aromatic carbocycles. The zero-order chi connectivity index (χ0) is 14.1. The van der Waals surface area contributed by atoms with Crippen molar-refractivity contribution < 1.29 is 5.11 Å². The first-order chi connectivity index (χ1) is 9.66. The lowest BCUT2D eigenvalue weighted by molar-refractivity contribution is 0.0819. The van der Waals surface area contributed by atoms with Gasteiger partial charge >= 0.3 is 0 Å². The Morgan fingerprint density at radius 3 is 2.32 bits per heavy atom. The van der Waals surface area contributed by atoms with Crippen LogP contribution < -0.4 is 5.32 Å². The van der Waals surface area contributed by atoms with Crippen molar-refractivity contribution in [3.8, 4) is 5.75 Å². The fourth-order valence-corrected chi connectivity index (χ4v) is 3.79. The summed E-state index contributed by atoms with van der Waals surface area (Å²) in [7, 11) is 0. The Hall–Kier alpha value is 0.1000. The summed E-state index contributed by atoms with van der Waals surface area (Å²) in [5, 5.41) is 14.7. The van der Waals surface area contributed by atoms with Crippen molar-refractivity contribution in [2.45, 2.75) is 25.3 Å². The molecule has 3 nitrogen and oxygen atoms in total. The summed E-state index contributed by atoms with van der Waals surface area (Å²) in [4.78, 5) is 2.46. The summed E-state index contributed by atoms with van der Waals surface area (Å²) >= 11 is 12.2. The van der Waals surface area contributed by atoms with Crippen LogP contribution in [0.25, 0.3) is 0 Å². The monoisotopic (exact) mass is 386 g/mol. The highest BCUT2D eigenvalue weighted by Crippen LogP contribution is 2.46. The van der Waals surface area contributed by atoms with E-state index in [2.05, 4.69) is 10.2 Å². The Morgan fingerprint density at radius 1 is 1.14 bits per heavy atom.